The second-order valence-electron chi connectivity index (χ2n) is 11.7. The highest BCUT2D eigenvalue weighted by atomic mass is 31.2. The van der Waals surface area contributed by atoms with Gasteiger partial charge in [-0.05, 0) is 51.4 Å². The van der Waals surface area contributed by atoms with Crippen LogP contribution < -0.4 is 11.1 Å². The number of nitrogens with two attached hydrogens (primary N) is 1. The number of nitrogens with one attached hydrogen (secondary N) is 1. The summed E-state index contributed by atoms with van der Waals surface area (Å²) in [4.78, 5) is 22.5. The summed E-state index contributed by atoms with van der Waals surface area (Å²) in [6, 6.07) is -0.874. The molecular weight excluding hydrogens is 587 g/mol. The van der Waals surface area contributed by atoms with Crippen LogP contribution in [-0.2, 0) is 18.4 Å². The quantitative estimate of drug-likeness (QED) is 0.0323. The van der Waals surface area contributed by atoms with Crippen LogP contribution in [0.3, 0.4) is 0 Å². The highest BCUT2D eigenvalue weighted by Crippen LogP contribution is 2.43. The minimum atomic E-state index is -4.34. The van der Waals surface area contributed by atoms with Crippen molar-refractivity contribution >= 4 is 13.7 Å². The van der Waals surface area contributed by atoms with E-state index in [1.165, 1.54) is 57.8 Å². The van der Waals surface area contributed by atoms with Gasteiger partial charge in [0.25, 0.3) is 0 Å². The SMILES string of the molecule is CC/C=C\C/C=C\C/C=C\CCCCCC(=O)NC(COP(=O)(O)OCCN)C(O)/C=C/CCCCCCCCCCCCC. The largest absolute Gasteiger partial charge is 0.472 e. The van der Waals surface area contributed by atoms with Crippen molar-refractivity contribution in [2.75, 3.05) is 19.8 Å². The lowest BCUT2D eigenvalue weighted by atomic mass is 10.0. The molecular formula is C36H67N2O6P. The molecule has 0 aromatic carbocycles. The maximum atomic E-state index is 12.6. The van der Waals surface area contributed by atoms with Crippen LogP contribution in [0.5, 0.6) is 0 Å². The van der Waals surface area contributed by atoms with E-state index in [4.69, 9.17) is 14.8 Å². The van der Waals surface area contributed by atoms with Crippen LogP contribution in [0.15, 0.2) is 48.6 Å². The molecule has 0 aromatic heterocycles. The summed E-state index contributed by atoms with van der Waals surface area (Å²) in [7, 11) is -4.34. The van der Waals surface area contributed by atoms with E-state index >= 15 is 0 Å². The predicted octanol–water partition coefficient (Wildman–Crippen LogP) is 8.99. The number of carbonyl (C=O) groups excluding carboxylic acids is 1. The first-order valence-electron chi connectivity index (χ1n) is 17.8. The second kappa shape index (κ2) is 32.4. The van der Waals surface area contributed by atoms with Gasteiger partial charge in [-0.15, -0.1) is 0 Å². The lowest BCUT2D eigenvalue weighted by Crippen LogP contribution is -2.45. The van der Waals surface area contributed by atoms with Gasteiger partial charge in [-0.1, -0.05) is 133 Å². The van der Waals surface area contributed by atoms with E-state index in [9.17, 15) is 19.4 Å². The highest BCUT2D eigenvalue weighted by molar-refractivity contribution is 7.47. The first kappa shape index (κ1) is 43.5. The first-order chi connectivity index (χ1) is 21.9. The molecule has 262 valence electrons. The van der Waals surface area contributed by atoms with E-state index in [1.54, 1.807) is 6.08 Å². The maximum Gasteiger partial charge on any atom is 0.472 e. The normalized spacial score (nSPS) is 15.0. The Morgan fingerprint density at radius 1 is 0.756 bits per heavy atom. The monoisotopic (exact) mass is 654 g/mol. The van der Waals surface area contributed by atoms with Crippen LogP contribution >= 0.6 is 7.82 Å². The number of aliphatic hydroxyl groups is 1. The van der Waals surface area contributed by atoms with E-state index in [2.05, 4.69) is 55.6 Å². The average molecular weight is 655 g/mol. The molecule has 0 aliphatic rings. The molecule has 0 spiro atoms. The predicted molar refractivity (Wildman–Crippen MR) is 189 cm³/mol. The summed E-state index contributed by atoms with van der Waals surface area (Å²) < 4.78 is 22.0. The Labute approximate surface area is 275 Å². The van der Waals surface area contributed by atoms with Crippen molar-refractivity contribution in [1.29, 1.82) is 0 Å². The highest BCUT2D eigenvalue weighted by Gasteiger charge is 2.26. The number of phosphoric acid groups is 1. The summed E-state index contributed by atoms with van der Waals surface area (Å²) in [5.74, 6) is -0.227. The van der Waals surface area contributed by atoms with Gasteiger partial charge in [-0.2, -0.15) is 0 Å². The van der Waals surface area contributed by atoms with Gasteiger partial charge in [-0.3, -0.25) is 13.8 Å². The van der Waals surface area contributed by atoms with Gasteiger partial charge in [0.1, 0.15) is 0 Å². The molecule has 9 heteroatoms. The summed E-state index contributed by atoms with van der Waals surface area (Å²) in [5, 5.41) is 13.5. The summed E-state index contributed by atoms with van der Waals surface area (Å²) >= 11 is 0. The van der Waals surface area contributed by atoms with Crippen LogP contribution in [0.25, 0.3) is 0 Å². The third-order valence-corrected chi connectivity index (χ3v) is 8.39. The van der Waals surface area contributed by atoms with Crippen molar-refractivity contribution in [3.05, 3.63) is 48.6 Å². The van der Waals surface area contributed by atoms with Gasteiger partial charge in [0, 0.05) is 13.0 Å². The third kappa shape index (κ3) is 30.9. The lowest BCUT2D eigenvalue weighted by Gasteiger charge is -2.23. The molecule has 0 radical (unpaired) electrons. The van der Waals surface area contributed by atoms with Crippen molar-refractivity contribution < 1.29 is 28.4 Å². The fourth-order valence-corrected chi connectivity index (χ4v) is 5.49. The molecule has 0 aromatic rings. The summed E-state index contributed by atoms with van der Waals surface area (Å²) in [6.45, 7) is 3.96. The Bertz CT molecular complexity index is 845. The summed E-state index contributed by atoms with van der Waals surface area (Å²) in [6.07, 6.45) is 37.3. The number of aliphatic hydroxyl groups excluding tert-OH is 1. The molecule has 0 saturated heterocycles. The van der Waals surface area contributed by atoms with Crippen LogP contribution in [0.4, 0.5) is 0 Å². The van der Waals surface area contributed by atoms with Crippen LogP contribution in [-0.4, -0.2) is 47.8 Å². The molecule has 3 unspecified atom stereocenters. The standard InChI is InChI=1S/C36H67N2O6P/c1-3-5-7-9-11-13-15-17-19-21-23-25-27-29-35(39)34(33-44-45(41,42)43-32-31-37)38-36(40)30-28-26-24-22-20-18-16-14-12-10-8-6-4-2/h6,8,12,14,18,20,27,29,34-35,39H,3-5,7,9-11,13,15-17,19,21-26,28,30-33,37H2,1-2H3,(H,38,40)(H,41,42)/b8-6-,14-12-,20-18-,29-27+. The first-order valence-corrected chi connectivity index (χ1v) is 19.3. The van der Waals surface area contributed by atoms with Gasteiger partial charge in [-0.25, -0.2) is 4.57 Å². The van der Waals surface area contributed by atoms with Gasteiger partial charge in [0.2, 0.25) is 5.91 Å². The molecule has 8 nitrogen and oxygen atoms in total. The Morgan fingerprint density at radius 2 is 1.29 bits per heavy atom. The molecule has 0 fully saturated rings. The van der Waals surface area contributed by atoms with E-state index in [0.29, 0.717) is 6.42 Å². The summed E-state index contributed by atoms with van der Waals surface area (Å²) in [5.41, 5.74) is 5.34. The second-order valence-corrected chi connectivity index (χ2v) is 13.1. The number of hydrogen-bond donors (Lipinski definition) is 4. The smallest absolute Gasteiger partial charge is 0.387 e. The van der Waals surface area contributed by atoms with Gasteiger partial charge >= 0.3 is 7.82 Å². The van der Waals surface area contributed by atoms with Crippen LogP contribution in [0.2, 0.25) is 0 Å². The Balaban J connectivity index is 4.44. The topological polar surface area (TPSA) is 131 Å². The van der Waals surface area contributed by atoms with E-state index in [1.807, 2.05) is 6.08 Å². The number of allylic oxidation sites excluding steroid dienone is 7. The van der Waals surface area contributed by atoms with Crippen LogP contribution in [0, 0.1) is 0 Å². The van der Waals surface area contributed by atoms with Crippen molar-refractivity contribution in [2.45, 2.75) is 154 Å². The molecule has 0 saturated carbocycles. The zero-order valence-corrected chi connectivity index (χ0v) is 29.5. The Hall–Kier alpha value is -1.54. The molecule has 0 aliphatic carbocycles. The van der Waals surface area contributed by atoms with Crippen LogP contribution in [0.1, 0.15) is 142 Å². The van der Waals surface area contributed by atoms with E-state index in [-0.39, 0.29) is 25.7 Å². The van der Waals surface area contributed by atoms with Crippen molar-refractivity contribution in [2.24, 2.45) is 5.73 Å². The number of rotatable bonds is 32. The molecule has 0 aliphatic heterocycles. The lowest BCUT2D eigenvalue weighted by molar-refractivity contribution is -0.123. The minimum absolute atomic E-state index is 0.0717. The fraction of sp³-hybridized carbons (Fsp3) is 0.750. The average Bonchev–Trinajstić information content (AvgIpc) is 3.02. The number of amides is 1. The zero-order valence-electron chi connectivity index (χ0n) is 28.6. The Kier molecular flexibility index (Phi) is 31.3. The molecule has 0 bridgehead atoms. The number of carbonyl (C=O) groups is 1. The van der Waals surface area contributed by atoms with Crippen molar-refractivity contribution in [1.82, 2.24) is 5.32 Å². The number of hydrogen-bond acceptors (Lipinski definition) is 6. The number of unbranched alkanes of at least 4 members (excludes halogenated alkanes) is 14. The maximum absolute atomic E-state index is 12.6. The molecule has 0 heterocycles. The molecule has 5 N–H and O–H groups in total. The van der Waals surface area contributed by atoms with Gasteiger partial charge < -0.3 is 21.1 Å². The van der Waals surface area contributed by atoms with Crippen molar-refractivity contribution in [3.8, 4) is 0 Å². The minimum Gasteiger partial charge on any atom is -0.387 e. The Morgan fingerprint density at radius 3 is 1.89 bits per heavy atom. The van der Waals surface area contributed by atoms with Crippen molar-refractivity contribution in [3.63, 3.8) is 0 Å². The molecule has 3 atom stereocenters. The third-order valence-electron chi connectivity index (χ3n) is 7.41. The van der Waals surface area contributed by atoms with E-state index < -0.39 is 20.0 Å². The number of phosphoric ester groups is 1. The molecule has 1 amide bonds. The van der Waals surface area contributed by atoms with Gasteiger partial charge in [0.05, 0.1) is 25.4 Å². The molecule has 45 heavy (non-hydrogen) atoms. The zero-order chi connectivity index (χ0) is 33.3. The van der Waals surface area contributed by atoms with E-state index in [0.717, 1.165) is 64.2 Å². The fourth-order valence-electron chi connectivity index (χ4n) is 4.73. The molecule has 0 rings (SSSR count). The van der Waals surface area contributed by atoms with Gasteiger partial charge in [0.15, 0.2) is 0 Å².